The zero-order valence-corrected chi connectivity index (χ0v) is 10.1. The van der Waals surface area contributed by atoms with Crippen molar-refractivity contribution in [3.63, 3.8) is 0 Å². The summed E-state index contributed by atoms with van der Waals surface area (Å²) < 4.78 is 0. The van der Waals surface area contributed by atoms with Crippen molar-refractivity contribution in [2.24, 2.45) is 11.5 Å². The molecule has 2 atom stereocenters. The molecule has 2 rings (SSSR count). The molecule has 0 bridgehead atoms. The molecule has 5 heteroatoms. The molecule has 2 amide bonds. The largest absolute Gasteiger partial charge is 0.366 e. The molecule has 0 aromatic heterocycles. The summed E-state index contributed by atoms with van der Waals surface area (Å²) in [6.45, 7) is 0. The van der Waals surface area contributed by atoms with Crippen molar-refractivity contribution in [2.75, 3.05) is 0 Å². The number of nitrogens with two attached hydrogens (primary N) is 2. The van der Waals surface area contributed by atoms with Gasteiger partial charge in [0.15, 0.2) is 0 Å². The van der Waals surface area contributed by atoms with Crippen molar-refractivity contribution in [3.8, 4) is 0 Å². The SMILES string of the molecule is NC(=O)c1cccc(C(=O)NC2CCCC2N)c1. The van der Waals surface area contributed by atoms with Gasteiger partial charge in [-0.05, 0) is 37.5 Å². The summed E-state index contributed by atoms with van der Waals surface area (Å²) in [4.78, 5) is 23.0. The number of carbonyl (C=O) groups is 2. The van der Waals surface area contributed by atoms with Gasteiger partial charge in [-0.3, -0.25) is 9.59 Å². The number of hydrogen-bond donors (Lipinski definition) is 3. The molecule has 1 saturated carbocycles. The Kier molecular flexibility index (Phi) is 3.62. The minimum absolute atomic E-state index is 0.0215. The van der Waals surface area contributed by atoms with Crippen molar-refractivity contribution in [1.29, 1.82) is 0 Å². The second-order valence-electron chi connectivity index (χ2n) is 4.62. The lowest BCUT2D eigenvalue weighted by Crippen LogP contribution is -2.44. The van der Waals surface area contributed by atoms with Crippen LogP contribution in [0.3, 0.4) is 0 Å². The highest BCUT2D eigenvalue weighted by molar-refractivity contribution is 5.99. The van der Waals surface area contributed by atoms with Gasteiger partial charge in [0.2, 0.25) is 5.91 Å². The van der Waals surface area contributed by atoms with Gasteiger partial charge in [-0.2, -0.15) is 0 Å². The van der Waals surface area contributed by atoms with Crippen LogP contribution >= 0.6 is 0 Å². The molecule has 1 aliphatic carbocycles. The summed E-state index contributed by atoms with van der Waals surface area (Å²) >= 11 is 0. The highest BCUT2D eigenvalue weighted by atomic mass is 16.2. The van der Waals surface area contributed by atoms with Crippen LogP contribution in [0.25, 0.3) is 0 Å². The first-order valence-electron chi connectivity index (χ1n) is 6.04. The minimum Gasteiger partial charge on any atom is -0.366 e. The molecule has 0 saturated heterocycles. The van der Waals surface area contributed by atoms with Crippen LogP contribution < -0.4 is 16.8 Å². The molecule has 0 radical (unpaired) electrons. The molecular formula is C13H17N3O2. The molecule has 0 heterocycles. The Morgan fingerprint density at radius 1 is 1.22 bits per heavy atom. The fraction of sp³-hybridized carbons (Fsp3) is 0.385. The Labute approximate surface area is 106 Å². The molecule has 1 aliphatic rings. The maximum Gasteiger partial charge on any atom is 0.251 e. The molecule has 1 fully saturated rings. The Bertz CT molecular complexity index is 473. The number of nitrogens with one attached hydrogen (secondary N) is 1. The summed E-state index contributed by atoms with van der Waals surface area (Å²) in [5.74, 6) is -0.748. The fourth-order valence-electron chi connectivity index (χ4n) is 2.23. The first-order valence-corrected chi connectivity index (χ1v) is 6.04. The van der Waals surface area contributed by atoms with Gasteiger partial charge < -0.3 is 16.8 Å². The lowest BCUT2D eigenvalue weighted by atomic mass is 10.1. The van der Waals surface area contributed by atoms with Crippen LogP contribution in [0.1, 0.15) is 40.0 Å². The standard InChI is InChI=1S/C13H17N3O2/c14-10-5-2-6-11(10)16-13(18)9-4-1-3-8(7-9)12(15)17/h1,3-4,7,10-11H,2,5-6,14H2,(H2,15,17)(H,16,18). The molecule has 0 spiro atoms. The van der Waals surface area contributed by atoms with E-state index in [0.717, 1.165) is 19.3 Å². The van der Waals surface area contributed by atoms with E-state index in [4.69, 9.17) is 11.5 Å². The Hall–Kier alpha value is -1.88. The van der Waals surface area contributed by atoms with Crippen LogP contribution in [-0.2, 0) is 0 Å². The average Bonchev–Trinajstić information content (AvgIpc) is 2.75. The number of hydrogen-bond acceptors (Lipinski definition) is 3. The summed E-state index contributed by atoms with van der Waals surface area (Å²) in [6.07, 6.45) is 2.88. The monoisotopic (exact) mass is 247 g/mol. The maximum atomic E-state index is 12.0. The van der Waals surface area contributed by atoms with Crippen LogP contribution in [0.4, 0.5) is 0 Å². The van der Waals surface area contributed by atoms with Crippen molar-refractivity contribution < 1.29 is 9.59 Å². The number of amides is 2. The number of primary amides is 1. The predicted molar refractivity (Wildman–Crippen MR) is 68.0 cm³/mol. The second kappa shape index (κ2) is 5.18. The maximum absolute atomic E-state index is 12.0. The second-order valence-corrected chi connectivity index (χ2v) is 4.62. The van der Waals surface area contributed by atoms with Crippen LogP contribution in [0.2, 0.25) is 0 Å². The number of benzene rings is 1. The van der Waals surface area contributed by atoms with Crippen molar-refractivity contribution in [3.05, 3.63) is 35.4 Å². The summed E-state index contributed by atoms with van der Waals surface area (Å²) in [7, 11) is 0. The zero-order chi connectivity index (χ0) is 13.1. The van der Waals surface area contributed by atoms with E-state index in [1.54, 1.807) is 18.2 Å². The fourth-order valence-corrected chi connectivity index (χ4v) is 2.23. The molecule has 1 aromatic rings. The Morgan fingerprint density at radius 2 is 1.94 bits per heavy atom. The molecule has 18 heavy (non-hydrogen) atoms. The molecular weight excluding hydrogens is 230 g/mol. The van der Waals surface area contributed by atoms with Crippen molar-refractivity contribution in [1.82, 2.24) is 5.32 Å². The quantitative estimate of drug-likeness (QED) is 0.720. The topological polar surface area (TPSA) is 98.2 Å². The lowest BCUT2D eigenvalue weighted by molar-refractivity contribution is 0.0934. The van der Waals surface area contributed by atoms with Crippen molar-refractivity contribution >= 4 is 11.8 Å². The van der Waals surface area contributed by atoms with Crippen LogP contribution in [0.5, 0.6) is 0 Å². The van der Waals surface area contributed by atoms with Gasteiger partial charge in [0.25, 0.3) is 5.91 Å². The van der Waals surface area contributed by atoms with E-state index in [0.29, 0.717) is 11.1 Å². The molecule has 5 nitrogen and oxygen atoms in total. The summed E-state index contributed by atoms with van der Waals surface area (Å²) in [6, 6.07) is 6.42. The normalized spacial score (nSPS) is 22.7. The summed E-state index contributed by atoms with van der Waals surface area (Å²) in [5.41, 5.74) is 11.8. The molecule has 96 valence electrons. The third kappa shape index (κ3) is 2.68. The smallest absolute Gasteiger partial charge is 0.251 e. The van der Waals surface area contributed by atoms with Gasteiger partial charge in [0.05, 0.1) is 0 Å². The molecule has 2 unspecified atom stereocenters. The number of carbonyl (C=O) groups excluding carboxylic acids is 2. The highest BCUT2D eigenvalue weighted by Gasteiger charge is 2.25. The van der Waals surface area contributed by atoms with E-state index in [2.05, 4.69) is 5.32 Å². The van der Waals surface area contributed by atoms with Crippen LogP contribution in [-0.4, -0.2) is 23.9 Å². The third-order valence-electron chi connectivity index (χ3n) is 3.30. The Balaban J connectivity index is 2.09. The van der Waals surface area contributed by atoms with Gasteiger partial charge in [-0.15, -0.1) is 0 Å². The summed E-state index contributed by atoms with van der Waals surface area (Å²) in [5, 5.41) is 2.90. The van der Waals surface area contributed by atoms with Crippen LogP contribution in [0, 0.1) is 0 Å². The van der Waals surface area contributed by atoms with E-state index < -0.39 is 5.91 Å². The minimum atomic E-state index is -0.540. The van der Waals surface area contributed by atoms with E-state index in [1.807, 2.05) is 0 Å². The van der Waals surface area contributed by atoms with Gasteiger partial charge in [0, 0.05) is 23.2 Å². The van der Waals surface area contributed by atoms with Gasteiger partial charge >= 0.3 is 0 Å². The highest BCUT2D eigenvalue weighted by Crippen LogP contribution is 2.17. The molecule has 5 N–H and O–H groups in total. The zero-order valence-electron chi connectivity index (χ0n) is 10.1. The average molecular weight is 247 g/mol. The van der Waals surface area contributed by atoms with Crippen LogP contribution in [0.15, 0.2) is 24.3 Å². The first-order chi connectivity index (χ1) is 8.58. The molecule has 0 aliphatic heterocycles. The number of rotatable bonds is 3. The molecule has 1 aromatic carbocycles. The van der Waals surface area contributed by atoms with E-state index in [-0.39, 0.29) is 18.0 Å². The van der Waals surface area contributed by atoms with Crippen molar-refractivity contribution in [2.45, 2.75) is 31.3 Å². The lowest BCUT2D eigenvalue weighted by Gasteiger charge is -2.17. The third-order valence-corrected chi connectivity index (χ3v) is 3.30. The van der Waals surface area contributed by atoms with E-state index in [9.17, 15) is 9.59 Å². The van der Waals surface area contributed by atoms with E-state index in [1.165, 1.54) is 6.07 Å². The predicted octanol–water partition coefficient (Wildman–Crippen LogP) is 0.395. The van der Waals surface area contributed by atoms with Gasteiger partial charge in [-0.1, -0.05) is 6.07 Å². The Morgan fingerprint density at radius 3 is 2.56 bits per heavy atom. The van der Waals surface area contributed by atoms with Gasteiger partial charge in [-0.25, -0.2) is 0 Å². The van der Waals surface area contributed by atoms with E-state index >= 15 is 0 Å². The first kappa shape index (κ1) is 12.6. The van der Waals surface area contributed by atoms with Gasteiger partial charge in [0.1, 0.15) is 0 Å².